The lowest BCUT2D eigenvalue weighted by atomic mass is 9.76. The van der Waals surface area contributed by atoms with Crippen LogP contribution in [-0.4, -0.2) is 46.5 Å². The van der Waals surface area contributed by atoms with Gasteiger partial charge in [0.2, 0.25) is 0 Å². The Morgan fingerprint density at radius 2 is 2.15 bits per heavy atom. The van der Waals surface area contributed by atoms with Crippen LogP contribution in [0.2, 0.25) is 0 Å². The average molecular weight is 455 g/mol. The summed E-state index contributed by atoms with van der Waals surface area (Å²) in [5.41, 5.74) is 2.38. The van der Waals surface area contributed by atoms with E-state index in [-0.39, 0.29) is 28.9 Å². The summed E-state index contributed by atoms with van der Waals surface area (Å²) in [4.78, 5) is 24.5. The van der Waals surface area contributed by atoms with Crippen molar-refractivity contribution in [2.24, 2.45) is 5.41 Å². The highest BCUT2D eigenvalue weighted by Gasteiger charge is 2.39. The molecule has 0 saturated carbocycles. The average Bonchev–Trinajstić information content (AvgIpc) is 3.08. The van der Waals surface area contributed by atoms with Crippen molar-refractivity contribution in [1.82, 2.24) is 15.1 Å². The number of nitrogens with zero attached hydrogens (tertiary/aromatic N) is 3. The highest BCUT2D eigenvalue weighted by atomic mass is 19.1. The van der Waals surface area contributed by atoms with Gasteiger partial charge in [-0.25, -0.2) is 9.18 Å². The van der Waals surface area contributed by atoms with Gasteiger partial charge in [-0.1, -0.05) is 6.92 Å². The van der Waals surface area contributed by atoms with Crippen LogP contribution in [0.25, 0.3) is 0 Å². The van der Waals surface area contributed by atoms with Crippen molar-refractivity contribution in [1.29, 1.82) is 5.26 Å². The molecule has 0 unspecified atom stereocenters. The van der Waals surface area contributed by atoms with Gasteiger partial charge >= 0.3 is 5.97 Å². The molecular formula is C24H27FN4O4. The van der Waals surface area contributed by atoms with Gasteiger partial charge in [0.25, 0.3) is 5.91 Å². The minimum absolute atomic E-state index is 0.0291. The molecule has 1 aromatic heterocycles. The summed E-state index contributed by atoms with van der Waals surface area (Å²) in [6, 6.07) is 3.92. The third-order valence-corrected chi connectivity index (χ3v) is 6.77. The number of carboxylic acids is 1. The molecule has 174 valence electrons. The maximum Gasteiger partial charge on any atom is 0.336 e. The number of benzene rings is 1. The zero-order valence-electron chi connectivity index (χ0n) is 18.6. The molecule has 8 nitrogen and oxygen atoms in total. The molecule has 0 bridgehead atoms. The van der Waals surface area contributed by atoms with Crippen LogP contribution in [0.15, 0.2) is 12.1 Å². The maximum atomic E-state index is 13.7. The molecule has 1 spiro atoms. The number of ether oxygens (including phenoxy) is 1. The van der Waals surface area contributed by atoms with E-state index in [4.69, 9.17) is 9.84 Å². The normalized spacial score (nSPS) is 17.2. The standard InChI is InChI=1S/C24H27FN4O4/c1-2-19-21-20(12-24(14-27-22(21)30)5-8-33-9-6-24)29(28-19)7-3-4-17-15(13-26)10-16(25)11-18(17)23(31)32/h10-11H,2-9,12,14H2,1H3,(H,27,30)(H,31,32). The van der Waals surface area contributed by atoms with Crippen molar-refractivity contribution >= 4 is 11.9 Å². The third-order valence-electron chi connectivity index (χ3n) is 6.77. The predicted molar refractivity (Wildman–Crippen MR) is 117 cm³/mol. The Morgan fingerprint density at radius 3 is 2.82 bits per heavy atom. The van der Waals surface area contributed by atoms with Crippen LogP contribution < -0.4 is 5.32 Å². The number of hydrogen-bond acceptors (Lipinski definition) is 5. The summed E-state index contributed by atoms with van der Waals surface area (Å²) in [7, 11) is 0. The first kappa shape index (κ1) is 22.9. The first-order valence-corrected chi connectivity index (χ1v) is 11.3. The van der Waals surface area contributed by atoms with Gasteiger partial charge in [0.1, 0.15) is 5.82 Å². The van der Waals surface area contributed by atoms with Gasteiger partial charge < -0.3 is 15.2 Å². The molecule has 2 aliphatic rings. The molecule has 9 heteroatoms. The van der Waals surface area contributed by atoms with E-state index in [0.29, 0.717) is 50.3 Å². The number of aryl methyl sites for hydroxylation is 2. The summed E-state index contributed by atoms with van der Waals surface area (Å²) in [5.74, 6) is -2.11. The minimum atomic E-state index is -1.26. The molecule has 1 amide bonds. The van der Waals surface area contributed by atoms with E-state index in [2.05, 4.69) is 5.32 Å². The molecule has 1 aromatic carbocycles. The quantitative estimate of drug-likeness (QED) is 0.693. The lowest BCUT2D eigenvalue weighted by molar-refractivity contribution is 0.0152. The van der Waals surface area contributed by atoms with Crippen molar-refractivity contribution < 1.29 is 23.8 Å². The Morgan fingerprint density at radius 1 is 1.39 bits per heavy atom. The first-order valence-electron chi connectivity index (χ1n) is 11.3. The van der Waals surface area contributed by atoms with Gasteiger partial charge in [0, 0.05) is 26.3 Å². The Bertz CT molecular complexity index is 1130. The predicted octanol–water partition coefficient (Wildman–Crippen LogP) is 2.87. The molecule has 3 heterocycles. The number of nitriles is 1. The molecule has 0 radical (unpaired) electrons. The van der Waals surface area contributed by atoms with Crippen LogP contribution in [0.3, 0.4) is 0 Å². The molecule has 2 aromatic rings. The summed E-state index contributed by atoms with van der Waals surface area (Å²) < 4.78 is 21.2. The Hall–Kier alpha value is -3.25. The molecule has 2 aliphatic heterocycles. The van der Waals surface area contributed by atoms with Crippen LogP contribution in [0.1, 0.15) is 69.4 Å². The maximum absolute atomic E-state index is 13.7. The number of nitrogens with one attached hydrogen (secondary N) is 1. The Balaban J connectivity index is 1.62. The number of carbonyl (C=O) groups is 2. The van der Waals surface area contributed by atoms with Gasteiger partial charge in [-0.3, -0.25) is 9.48 Å². The molecule has 33 heavy (non-hydrogen) atoms. The number of aromatic carboxylic acids is 1. The summed E-state index contributed by atoms with van der Waals surface area (Å²) >= 11 is 0. The van der Waals surface area contributed by atoms with E-state index in [9.17, 15) is 24.3 Å². The van der Waals surface area contributed by atoms with Gasteiger partial charge in [0.15, 0.2) is 0 Å². The fraction of sp³-hybridized carbons (Fsp3) is 0.500. The zero-order chi connectivity index (χ0) is 23.6. The fourth-order valence-corrected chi connectivity index (χ4v) is 4.96. The van der Waals surface area contributed by atoms with Crippen molar-refractivity contribution in [3.05, 3.63) is 51.6 Å². The second-order valence-electron chi connectivity index (χ2n) is 8.82. The van der Waals surface area contributed by atoms with Gasteiger partial charge in [-0.2, -0.15) is 10.4 Å². The largest absolute Gasteiger partial charge is 0.478 e. The topological polar surface area (TPSA) is 117 Å². The monoisotopic (exact) mass is 454 g/mol. The van der Waals surface area contributed by atoms with Gasteiger partial charge in [-0.05, 0) is 61.6 Å². The van der Waals surface area contributed by atoms with E-state index < -0.39 is 11.8 Å². The van der Waals surface area contributed by atoms with Crippen LogP contribution in [0.5, 0.6) is 0 Å². The van der Waals surface area contributed by atoms with Crippen LogP contribution in [0, 0.1) is 22.6 Å². The van der Waals surface area contributed by atoms with Gasteiger partial charge in [-0.15, -0.1) is 0 Å². The number of hydrogen-bond donors (Lipinski definition) is 2. The lowest BCUT2D eigenvalue weighted by Gasteiger charge is -2.36. The number of halogens is 1. The number of amides is 1. The number of rotatable bonds is 6. The zero-order valence-corrected chi connectivity index (χ0v) is 18.6. The molecule has 1 fully saturated rings. The number of aromatic nitrogens is 2. The Labute approximate surface area is 191 Å². The van der Waals surface area contributed by atoms with Crippen molar-refractivity contribution in [3.8, 4) is 6.07 Å². The second-order valence-corrected chi connectivity index (χ2v) is 8.82. The van der Waals surface area contributed by atoms with E-state index in [1.54, 1.807) is 0 Å². The van der Waals surface area contributed by atoms with Crippen LogP contribution in [-0.2, 0) is 30.5 Å². The van der Waals surface area contributed by atoms with E-state index in [0.717, 1.165) is 42.8 Å². The highest BCUT2D eigenvalue weighted by Crippen LogP contribution is 2.37. The van der Waals surface area contributed by atoms with Gasteiger partial charge in [0.05, 0.1) is 34.1 Å². The molecule has 1 saturated heterocycles. The van der Waals surface area contributed by atoms with E-state index in [1.165, 1.54) is 0 Å². The molecular weight excluding hydrogens is 427 g/mol. The molecule has 0 atom stereocenters. The molecule has 0 aliphatic carbocycles. The molecule has 4 rings (SSSR count). The van der Waals surface area contributed by atoms with E-state index >= 15 is 0 Å². The van der Waals surface area contributed by atoms with Crippen LogP contribution >= 0.6 is 0 Å². The summed E-state index contributed by atoms with van der Waals surface area (Å²) in [5, 5.41) is 26.6. The van der Waals surface area contributed by atoms with Crippen molar-refractivity contribution in [2.45, 2.75) is 52.0 Å². The summed E-state index contributed by atoms with van der Waals surface area (Å²) in [6.45, 7) is 4.37. The smallest absolute Gasteiger partial charge is 0.336 e. The minimum Gasteiger partial charge on any atom is -0.478 e. The van der Waals surface area contributed by atoms with Crippen molar-refractivity contribution in [2.75, 3.05) is 19.8 Å². The Kier molecular flexibility index (Phi) is 6.47. The number of fused-ring (bicyclic) bond motifs is 1. The van der Waals surface area contributed by atoms with Crippen LogP contribution in [0.4, 0.5) is 4.39 Å². The van der Waals surface area contributed by atoms with E-state index in [1.807, 2.05) is 17.7 Å². The number of carbonyl (C=O) groups excluding carboxylic acids is 1. The third kappa shape index (κ3) is 4.48. The number of carboxylic acid groups (broad SMARTS) is 1. The fourth-order valence-electron chi connectivity index (χ4n) is 4.96. The SMILES string of the molecule is CCc1nn(CCCc2c(C#N)cc(F)cc2C(=O)O)c2c1C(=O)NCC1(CCOCC1)C2. The highest BCUT2D eigenvalue weighted by molar-refractivity contribution is 5.97. The van der Waals surface area contributed by atoms with Crippen molar-refractivity contribution in [3.63, 3.8) is 0 Å². The molecule has 2 N–H and O–H groups in total. The lowest BCUT2D eigenvalue weighted by Crippen LogP contribution is -2.40. The first-order chi connectivity index (χ1) is 15.9. The second kappa shape index (κ2) is 9.32. The summed E-state index contributed by atoms with van der Waals surface area (Å²) in [6.07, 6.45) is 3.85.